The summed E-state index contributed by atoms with van der Waals surface area (Å²) in [5, 5.41) is 13.7. The van der Waals surface area contributed by atoms with Crippen molar-refractivity contribution in [1.82, 2.24) is 9.88 Å². The largest absolute Gasteiger partial charge is 0.476 e. The molecular weight excluding hydrogens is 306 g/mol. The molecule has 0 bridgehead atoms. The average Bonchev–Trinajstić information content (AvgIpc) is 2.97. The Morgan fingerprint density at radius 1 is 1.46 bits per heavy atom. The number of hydrogen-bond donors (Lipinski definition) is 2. The number of fused-ring (bicyclic) bond motifs is 1. The highest BCUT2D eigenvalue weighted by atomic mass is 16.4. The molecule has 6 nitrogen and oxygen atoms in total. The van der Waals surface area contributed by atoms with Crippen molar-refractivity contribution in [2.45, 2.75) is 32.7 Å². The van der Waals surface area contributed by atoms with Crippen LogP contribution in [0, 0.1) is 6.92 Å². The first-order chi connectivity index (χ1) is 11.4. The monoisotopic (exact) mass is 329 g/mol. The van der Waals surface area contributed by atoms with Crippen LogP contribution in [-0.2, 0) is 0 Å². The summed E-state index contributed by atoms with van der Waals surface area (Å²) in [6.45, 7) is 9.69. The van der Waals surface area contributed by atoms with Crippen LogP contribution in [0.1, 0.15) is 41.6 Å². The fourth-order valence-electron chi connectivity index (χ4n) is 3.06. The van der Waals surface area contributed by atoms with E-state index >= 15 is 0 Å². The maximum absolute atomic E-state index is 11.6. The van der Waals surface area contributed by atoms with Gasteiger partial charge in [0.25, 0.3) is 0 Å². The first-order valence-corrected chi connectivity index (χ1v) is 8.15. The number of carbonyl (C=O) groups is 1. The van der Waals surface area contributed by atoms with Gasteiger partial charge in [-0.2, -0.15) is 0 Å². The molecular formula is C18H23N3O3. The second kappa shape index (κ2) is 6.28. The van der Waals surface area contributed by atoms with Crippen molar-refractivity contribution >= 4 is 28.3 Å². The zero-order valence-electron chi connectivity index (χ0n) is 14.3. The molecule has 0 amide bonds. The minimum absolute atomic E-state index is 0.0569. The molecule has 0 radical (unpaired) electrons. The number of piperidine rings is 1. The smallest absolute Gasteiger partial charge is 0.358 e. The Morgan fingerprint density at radius 3 is 2.71 bits per heavy atom. The van der Waals surface area contributed by atoms with Gasteiger partial charge in [-0.15, -0.1) is 0 Å². The number of hydrogen-bond acceptors (Lipinski definition) is 5. The zero-order chi connectivity index (χ0) is 17.4. The SMILES string of the molecule is C=C(C)c1cc2c(C)c(NC3CCN(C)CC3)nc(C(=O)O)c2o1. The first-order valence-electron chi connectivity index (χ1n) is 8.15. The Kier molecular flexibility index (Phi) is 4.32. The summed E-state index contributed by atoms with van der Waals surface area (Å²) in [5.74, 6) is 0.131. The lowest BCUT2D eigenvalue weighted by atomic mass is 10.0. The number of rotatable bonds is 4. The van der Waals surface area contributed by atoms with Crippen LogP contribution in [0.2, 0.25) is 0 Å². The Balaban J connectivity index is 2.03. The van der Waals surface area contributed by atoms with Crippen molar-refractivity contribution in [1.29, 1.82) is 0 Å². The molecule has 24 heavy (non-hydrogen) atoms. The fraction of sp³-hybridized carbons (Fsp3) is 0.444. The number of carboxylic acid groups (broad SMARTS) is 1. The molecule has 2 aromatic rings. The summed E-state index contributed by atoms with van der Waals surface area (Å²) in [4.78, 5) is 18.2. The molecule has 0 aromatic carbocycles. The lowest BCUT2D eigenvalue weighted by Gasteiger charge is -2.30. The Hall–Kier alpha value is -2.34. The molecule has 0 spiro atoms. The van der Waals surface area contributed by atoms with Crippen LogP contribution in [0.15, 0.2) is 17.1 Å². The van der Waals surface area contributed by atoms with Gasteiger partial charge in [0.1, 0.15) is 11.6 Å². The molecule has 0 unspecified atom stereocenters. The highest BCUT2D eigenvalue weighted by molar-refractivity contribution is 6.02. The van der Waals surface area contributed by atoms with Crippen molar-refractivity contribution in [2.75, 3.05) is 25.5 Å². The molecule has 0 saturated carbocycles. The van der Waals surface area contributed by atoms with Gasteiger partial charge in [-0.3, -0.25) is 0 Å². The topological polar surface area (TPSA) is 78.6 Å². The Labute approximate surface area is 141 Å². The second-order valence-electron chi connectivity index (χ2n) is 6.59. The molecule has 1 saturated heterocycles. The van der Waals surface area contributed by atoms with Crippen molar-refractivity contribution in [3.63, 3.8) is 0 Å². The van der Waals surface area contributed by atoms with Gasteiger partial charge < -0.3 is 19.7 Å². The number of pyridine rings is 1. The van der Waals surface area contributed by atoms with Gasteiger partial charge in [-0.25, -0.2) is 9.78 Å². The number of likely N-dealkylation sites (tertiary alicyclic amines) is 1. The lowest BCUT2D eigenvalue weighted by Crippen LogP contribution is -2.37. The standard InChI is InChI=1S/C18H23N3O3/c1-10(2)14-9-13-11(3)17(19-12-5-7-21(4)8-6-12)20-15(18(22)23)16(13)24-14/h9,12H,1,5-8H2,2-4H3,(H,19,20)(H,22,23). The van der Waals surface area contributed by atoms with Gasteiger partial charge in [0.15, 0.2) is 11.3 Å². The van der Waals surface area contributed by atoms with Gasteiger partial charge in [0.2, 0.25) is 0 Å². The summed E-state index contributed by atoms with van der Waals surface area (Å²) in [6.07, 6.45) is 2.03. The number of aromatic nitrogens is 1. The number of nitrogens with one attached hydrogen (secondary N) is 1. The lowest BCUT2D eigenvalue weighted by molar-refractivity contribution is 0.0691. The maximum atomic E-state index is 11.6. The molecule has 1 aliphatic rings. The zero-order valence-corrected chi connectivity index (χ0v) is 14.3. The predicted molar refractivity (Wildman–Crippen MR) is 94.6 cm³/mol. The minimum Gasteiger partial charge on any atom is -0.476 e. The van der Waals surface area contributed by atoms with E-state index in [-0.39, 0.29) is 5.69 Å². The summed E-state index contributed by atoms with van der Waals surface area (Å²) in [6, 6.07) is 2.15. The number of nitrogens with zero attached hydrogens (tertiary/aromatic N) is 2. The van der Waals surface area contributed by atoms with Crippen molar-refractivity contribution < 1.29 is 14.3 Å². The summed E-state index contributed by atoms with van der Waals surface area (Å²) < 4.78 is 5.68. The van der Waals surface area contributed by atoms with Gasteiger partial charge in [-0.05, 0) is 58.5 Å². The normalized spacial score (nSPS) is 16.5. The van der Waals surface area contributed by atoms with E-state index in [1.807, 2.05) is 19.9 Å². The van der Waals surface area contributed by atoms with Crippen LogP contribution < -0.4 is 5.32 Å². The van der Waals surface area contributed by atoms with Crippen molar-refractivity contribution in [3.05, 3.63) is 29.7 Å². The molecule has 128 valence electrons. The van der Waals surface area contributed by atoms with E-state index in [9.17, 15) is 9.90 Å². The van der Waals surface area contributed by atoms with E-state index in [1.54, 1.807) is 0 Å². The first kappa shape index (κ1) is 16.5. The number of aromatic carboxylic acids is 1. The molecule has 1 aliphatic heterocycles. The quantitative estimate of drug-likeness (QED) is 0.895. The molecule has 0 atom stereocenters. The van der Waals surface area contributed by atoms with E-state index < -0.39 is 5.97 Å². The molecule has 2 aromatic heterocycles. The number of furan rings is 1. The summed E-state index contributed by atoms with van der Waals surface area (Å²) in [7, 11) is 2.11. The van der Waals surface area contributed by atoms with Gasteiger partial charge in [0, 0.05) is 17.0 Å². The molecule has 3 rings (SSSR count). The highest BCUT2D eigenvalue weighted by Crippen LogP contribution is 2.32. The summed E-state index contributed by atoms with van der Waals surface area (Å²) in [5.41, 5.74) is 1.92. The Bertz CT molecular complexity index is 801. The third-order valence-corrected chi connectivity index (χ3v) is 4.61. The Morgan fingerprint density at radius 2 is 2.12 bits per heavy atom. The van der Waals surface area contributed by atoms with Crippen LogP contribution in [-0.4, -0.2) is 47.1 Å². The fourth-order valence-corrected chi connectivity index (χ4v) is 3.06. The van der Waals surface area contributed by atoms with E-state index in [0.717, 1.165) is 42.5 Å². The molecule has 3 heterocycles. The minimum atomic E-state index is -1.09. The van der Waals surface area contributed by atoms with E-state index in [1.165, 1.54) is 0 Å². The number of allylic oxidation sites excluding steroid dienone is 1. The van der Waals surface area contributed by atoms with E-state index in [0.29, 0.717) is 23.2 Å². The predicted octanol–water partition coefficient (Wildman–Crippen LogP) is 3.37. The molecule has 6 heteroatoms. The number of anilines is 1. The average molecular weight is 329 g/mol. The second-order valence-corrected chi connectivity index (χ2v) is 6.59. The molecule has 1 fully saturated rings. The van der Waals surface area contributed by atoms with Crippen LogP contribution in [0.5, 0.6) is 0 Å². The van der Waals surface area contributed by atoms with Crippen molar-refractivity contribution in [2.24, 2.45) is 0 Å². The molecule has 0 aliphatic carbocycles. The molecule has 2 N–H and O–H groups in total. The van der Waals surface area contributed by atoms with Crippen LogP contribution in [0.4, 0.5) is 5.82 Å². The van der Waals surface area contributed by atoms with Gasteiger partial charge in [0.05, 0.1) is 0 Å². The van der Waals surface area contributed by atoms with Crippen molar-refractivity contribution in [3.8, 4) is 0 Å². The maximum Gasteiger partial charge on any atom is 0.358 e. The number of aryl methyl sites for hydroxylation is 1. The summed E-state index contributed by atoms with van der Waals surface area (Å²) >= 11 is 0. The van der Waals surface area contributed by atoms with Gasteiger partial charge in [-0.1, -0.05) is 6.58 Å². The van der Waals surface area contributed by atoms with Crippen LogP contribution >= 0.6 is 0 Å². The van der Waals surface area contributed by atoms with Crippen LogP contribution in [0.25, 0.3) is 16.5 Å². The van der Waals surface area contributed by atoms with E-state index in [4.69, 9.17) is 4.42 Å². The van der Waals surface area contributed by atoms with E-state index in [2.05, 4.69) is 28.8 Å². The number of carboxylic acids is 1. The van der Waals surface area contributed by atoms with Gasteiger partial charge >= 0.3 is 5.97 Å². The van der Waals surface area contributed by atoms with Crippen LogP contribution in [0.3, 0.4) is 0 Å². The third-order valence-electron chi connectivity index (χ3n) is 4.61. The highest BCUT2D eigenvalue weighted by Gasteiger charge is 2.23. The third kappa shape index (κ3) is 3.01.